The molecule has 0 bridgehead atoms. The lowest BCUT2D eigenvalue weighted by Gasteiger charge is -2.44. The van der Waals surface area contributed by atoms with Gasteiger partial charge in [-0.05, 0) is 32.9 Å². The largest absolute Gasteiger partial charge is 0.486 e. The zero-order chi connectivity index (χ0) is 14.7. The molecule has 0 aromatic heterocycles. The lowest BCUT2D eigenvalue weighted by molar-refractivity contribution is 0.175. The van der Waals surface area contributed by atoms with Crippen LogP contribution in [-0.4, -0.2) is 35.3 Å². The first kappa shape index (κ1) is 13.0. The SMILES string of the molecule is CC1Oc2ccc(F)cc2N2C1CN(C(N)=O)C2(C)C. The molecule has 20 heavy (non-hydrogen) atoms. The third kappa shape index (κ3) is 1.63. The van der Waals surface area contributed by atoms with E-state index in [-0.39, 0.29) is 18.0 Å². The van der Waals surface area contributed by atoms with E-state index in [9.17, 15) is 9.18 Å². The number of nitrogens with two attached hydrogens (primary N) is 1. The lowest BCUT2D eigenvalue weighted by atomic mass is 10.0. The Morgan fingerprint density at radius 1 is 1.50 bits per heavy atom. The standard InChI is InChI=1S/C14H18FN3O2/c1-8-11-7-17(13(16)19)14(2,3)18(11)10-6-9(15)4-5-12(10)20-8/h4-6,8,11H,7H2,1-3H3,(H2,16,19). The van der Waals surface area contributed by atoms with Crippen molar-refractivity contribution in [2.24, 2.45) is 5.73 Å². The fraction of sp³-hybridized carbons (Fsp3) is 0.500. The minimum absolute atomic E-state index is 0.0354. The molecule has 0 spiro atoms. The van der Waals surface area contributed by atoms with Gasteiger partial charge in [-0.25, -0.2) is 9.18 Å². The summed E-state index contributed by atoms with van der Waals surface area (Å²) in [6.45, 7) is 6.24. The van der Waals surface area contributed by atoms with Gasteiger partial charge in [0, 0.05) is 12.6 Å². The summed E-state index contributed by atoms with van der Waals surface area (Å²) in [5.74, 6) is 0.309. The molecule has 2 aliphatic heterocycles. The number of nitrogens with zero attached hydrogens (tertiary/aromatic N) is 2. The number of carbonyl (C=O) groups excluding carboxylic acids is 1. The van der Waals surface area contributed by atoms with Crippen LogP contribution in [0, 0.1) is 5.82 Å². The molecule has 1 aromatic carbocycles. The summed E-state index contributed by atoms with van der Waals surface area (Å²) < 4.78 is 19.4. The fourth-order valence-corrected chi connectivity index (χ4v) is 3.28. The molecule has 1 fully saturated rings. The summed E-state index contributed by atoms with van der Waals surface area (Å²) in [6.07, 6.45) is -0.100. The molecule has 0 aliphatic carbocycles. The van der Waals surface area contributed by atoms with Gasteiger partial charge in [0.2, 0.25) is 0 Å². The van der Waals surface area contributed by atoms with Gasteiger partial charge >= 0.3 is 6.03 Å². The van der Waals surface area contributed by atoms with Gasteiger partial charge in [0.15, 0.2) is 0 Å². The molecular formula is C14H18FN3O2. The van der Waals surface area contributed by atoms with E-state index in [1.54, 1.807) is 11.0 Å². The maximum absolute atomic E-state index is 13.6. The molecule has 2 atom stereocenters. The number of rotatable bonds is 0. The van der Waals surface area contributed by atoms with Crippen molar-refractivity contribution < 1.29 is 13.9 Å². The molecule has 5 nitrogen and oxygen atoms in total. The highest BCUT2D eigenvalue weighted by molar-refractivity contribution is 5.76. The van der Waals surface area contributed by atoms with E-state index >= 15 is 0 Å². The summed E-state index contributed by atoms with van der Waals surface area (Å²) >= 11 is 0. The van der Waals surface area contributed by atoms with Crippen LogP contribution >= 0.6 is 0 Å². The van der Waals surface area contributed by atoms with Gasteiger partial charge in [-0.3, -0.25) is 0 Å². The first-order valence-corrected chi connectivity index (χ1v) is 6.65. The molecule has 2 N–H and O–H groups in total. The molecule has 2 unspecified atom stereocenters. The Morgan fingerprint density at radius 2 is 2.20 bits per heavy atom. The third-order valence-electron chi connectivity index (χ3n) is 4.25. The third-order valence-corrected chi connectivity index (χ3v) is 4.25. The summed E-state index contributed by atoms with van der Waals surface area (Å²) in [7, 11) is 0. The summed E-state index contributed by atoms with van der Waals surface area (Å²) in [4.78, 5) is 15.3. The van der Waals surface area contributed by atoms with E-state index in [1.165, 1.54) is 12.1 Å². The Morgan fingerprint density at radius 3 is 2.85 bits per heavy atom. The van der Waals surface area contributed by atoms with E-state index in [0.717, 1.165) is 0 Å². The number of ether oxygens (including phenoxy) is 1. The van der Waals surface area contributed by atoms with Crippen LogP contribution in [0.25, 0.3) is 0 Å². The maximum Gasteiger partial charge on any atom is 0.316 e. The Labute approximate surface area is 117 Å². The molecule has 2 amide bonds. The lowest BCUT2D eigenvalue weighted by Crippen LogP contribution is -2.56. The molecule has 3 rings (SSSR count). The van der Waals surface area contributed by atoms with E-state index in [1.807, 2.05) is 25.7 Å². The van der Waals surface area contributed by atoms with Gasteiger partial charge in [0.25, 0.3) is 0 Å². The Hall–Kier alpha value is -1.98. The summed E-state index contributed by atoms with van der Waals surface area (Å²) in [6, 6.07) is 3.93. The topological polar surface area (TPSA) is 58.8 Å². The Balaban J connectivity index is 2.13. The van der Waals surface area contributed by atoms with Crippen molar-refractivity contribution in [1.29, 1.82) is 0 Å². The van der Waals surface area contributed by atoms with Crippen molar-refractivity contribution in [2.45, 2.75) is 38.6 Å². The number of primary amides is 1. The fourth-order valence-electron chi connectivity index (χ4n) is 3.28. The molecular weight excluding hydrogens is 261 g/mol. The second-order valence-electron chi connectivity index (χ2n) is 5.82. The van der Waals surface area contributed by atoms with Gasteiger partial charge in [-0.15, -0.1) is 0 Å². The number of urea groups is 1. The highest BCUT2D eigenvalue weighted by atomic mass is 19.1. The van der Waals surface area contributed by atoms with Crippen LogP contribution in [0.2, 0.25) is 0 Å². The Kier molecular flexibility index (Phi) is 2.61. The second kappa shape index (κ2) is 4.01. The van der Waals surface area contributed by atoms with Crippen molar-refractivity contribution in [1.82, 2.24) is 4.90 Å². The first-order chi connectivity index (χ1) is 9.32. The van der Waals surface area contributed by atoms with E-state index in [4.69, 9.17) is 10.5 Å². The molecule has 0 saturated carbocycles. The van der Waals surface area contributed by atoms with Crippen molar-refractivity contribution in [3.8, 4) is 5.75 Å². The van der Waals surface area contributed by atoms with Crippen LogP contribution in [0.1, 0.15) is 20.8 Å². The minimum Gasteiger partial charge on any atom is -0.486 e. The number of amides is 2. The smallest absolute Gasteiger partial charge is 0.316 e. The molecule has 2 heterocycles. The van der Waals surface area contributed by atoms with Crippen molar-refractivity contribution in [3.05, 3.63) is 24.0 Å². The quantitative estimate of drug-likeness (QED) is 0.789. The zero-order valence-electron chi connectivity index (χ0n) is 11.8. The molecule has 1 saturated heterocycles. The number of fused-ring (bicyclic) bond motifs is 3. The van der Waals surface area contributed by atoms with Crippen LogP contribution in [0.4, 0.5) is 14.9 Å². The monoisotopic (exact) mass is 279 g/mol. The van der Waals surface area contributed by atoms with E-state index < -0.39 is 11.7 Å². The van der Waals surface area contributed by atoms with Crippen LogP contribution in [-0.2, 0) is 0 Å². The number of hydrogen-bond acceptors (Lipinski definition) is 3. The molecule has 1 aromatic rings. The minimum atomic E-state index is -0.614. The molecule has 2 aliphatic rings. The summed E-state index contributed by atoms with van der Waals surface area (Å²) in [5, 5.41) is 0. The zero-order valence-corrected chi connectivity index (χ0v) is 11.8. The van der Waals surface area contributed by atoms with Gasteiger partial charge in [-0.2, -0.15) is 0 Å². The van der Waals surface area contributed by atoms with Gasteiger partial charge in [0.05, 0.1) is 11.7 Å². The molecule has 0 radical (unpaired) electrons. The van der Waals surface area contributed by atoms with Crippen molar-refractivity contribution in [2.75, 3.05) is 11.4 Å². The molecule has 108 valence electrons. The van der Waals surface area contributed by atoms with E-state index in [2.05, 4.69) is 0 Å². The van der Waals surface area contributed by atoms with Crippen LogP contribution in [0.5, 0.6) is 5.75 Å². The first-order valence-electron chi connectivity index (χ1n) is 6.65. The van der Waals surface area contributed by atoms with Crippen molar-refractivity contribution >= 4 is 11.7 Å². The number of benzene rings is 1. The maximum atomic E-state index is 13.6. The number of halogens is 1. The van der Waals surface area contributed by atoms with Gasteiger partial charge in [0.1, 0.15) is 23.3 Å². The average molecular weight is 279 g/mol. The van der Waals surface area contributed by atoms with E-state index in [0.29, 0.717) is 18.0 Å². The van der Waals surface area contributed by atoms with Gasteiger partial charge < -0.3 is 20.3 Å². The van der Waals surface area contributed by atoms with Crippen LogP contribution < -0.4 is 15.4 Å². The Bertz CT molecular complexity index is 576. The van der Waals surface area contributed by atoms with Gasteiger partial charge in [-0.1, -0.05) is 0 Å². The highest BCUT2D eigenvalue weighted by Gasteiger charge is 2.52. The predicted octanol–water partition coefficient (Wildman–Crippen LogP) is 1.91. The number of anilines is 1. The van der Waals surface area contributed by atoms with Crippen LogP contribution in [0.15, 0.2) is 18.2 Å². The normalized spacial score (nSPS) is 26.8. The predicted molar refractivity (Wildman–Crippen MR) is 73.1 cm³/mol. The summed E-state index contributed by atoms with van der Waals surface area (Å²) in [5.41, 5.74) is 5.52. The average Bonchev–Trinajstić information content (AvgIpc) is 2.63. The van der Waals surface area contributed by atoms with Crippen LogP contribution in [0.3, 0.4) is 0 Å². The van der Waals surface area contributed by atoms with Crippen molar-refractivity contribution in [3.63, 3.8) is 0 Å². The second-order valence-corrected chi connectivity index (χ2v) is 5.82. The highest BCUT2D eigenvalue weighted by Crippen LogP contribution is 2.45. The number of carbonyl (C=O) groups is 1. The molecule has 6 heteroatoms. The number of hydrogen-bond donors (Lipinski definition) is 1.